The van der Waals surface area contributed by atoms with Crippen LogP contribution in [0.5, 0.6) is 0 Å². The number of hydrogen-bond acceptors (Lipinski definition) is 3. The van der Waals surface area contributed by atoms with E-state index in [0.717, 1.165) is 23.0 Å². The number of rotatable bonds is 2. The number of nitrogens with zero attached hydrogens (tertiary/aromatic N) is 1. The van der Waals surface area contributed by atoms with E-state index >= 15 is 0 Å². The van der Waals surface area contributed by atoms with Crippen LogP contribution in [0, 0.1) is 0 Å². The SMILES string of the molecule is CCc1ccc2oc(-c3ccc(C(C)(C)C)cc3)c/c(=N/O)c2c1. The normalized spacial score (nSPS) is 12.8. The summed E-state index contributed by atoms with van der Waals surface area (Å²) in [5, 5.41) is 14.2. The van der Waals surface area contributed by atoms with Crippen molar-refractivity contribution in [2.24, 2.45) is 5.16 Å². The topological polar surface area (TPSA) is 45.7 Å². The average molecular weight is 321 g/mol. The average Bonchev–Trinajstić information content (AvgIpc) is 2.59. The van der Waals surface area contributed by atoms with Gasteiger partial charge in [0.2, 0.25) is 0 Å². The van der Waals surface area contributed by atoms with Gasteiger partial charge in [0.1, 0.15) is 16.7 Å². The molecule has 0 amide bonds. The van der Waals surface area contributed by atoms with Crippen molar-refractivity contribution in [1.29, 1.82) is 0 Å². The molecule has 3 nitrogen and oxygen atoms in total. The van der Waals surface area contributed by atoms with Gasteiger partial charge in [-0.2, -0.15) is 0 Å². The van der Waals surface area contributed by atoms with Crippen molar-refractivity contribution in [2.75, 3.05) is 0 Å². The molecule has 24 heavy (non-hydrogen) atoms. The van der Waals surface area contributed by atoms with E-state index < -0.39 is 0 Å². The van der Waals surface area contributed by atoms with Crippen molar-refractivity contribution in [3.63, 3.8) is 0 Å². The Labute approximate surface area is 142 Å². The second-order valence-corrected chi connectivity index (χ2v) is 7.11. The molecule has 0 aliphatic rings. The largest absolute Gasteiger partial charge is 0.456 e. The highest BCUT2D eigenvalue weighted by atomic mass is 16.4. The minimum atomic E-state index is 0.112. The van der Waals surface area contributed by atoms with E-state index in [9.17, 15) is 5.21 Å². The summed E-state index contributed by atoms with van der Waals surface area (Å²) in [5.74, 6) is 0.694. The van der Waals surface area contributed by atoms with Gasteiger partial charge in [0.25, 0.3) is 0 Å². The first-order chi connectivity index (χ1) is 11.4. The fourth-order valence-electron chi connectivity index (χ4n) is 2.80. The van der Waals surface area contributed by atoms with E-state index in [4.69, 9.17) is 4.42 Å². The van der Waals surface area contributed by atoms with E-state index in [1.807, 2.05) is 30.3 Å². The minimum absolute atomic E-state index is 0.112. The zero-order valence-electron chi connectivity index (χ0n) is 14.6. The molecular weight excluding hydrogens is 298 g/mol. The van der Waals surface area contributed by atoms with Crippen molar-refractivity contribution in [1.82, 2.24) is 0 Å². The van der Waals surface area contributed by atoms with Gasteiger partial charge < -0.3 is 9.62 Å². The molecule has 0 atom stereocenters. The minimum Gasteiger partial charge on any atom is -0.456 e. The van der Waals surface area contributed by atoms with Crippen molar-refractivity contribution >= 4 is 11.0 Å². The molecule has 3 aromatic rings. The highest BCUT2D eigenvalue weighted by Crippen LogP contribution is 2.27. The Kier molecular flexibility index (Phi) is 4.18. The monoisotopic (exact) mass is 321 g/mol. The van der Waals surface area contributed by atoms with Gasteiger partial charge in [-0.05, 0) is 35.1 Å². The first-order valence-electron chi connectivity index (χ1n) is 8.28. The molecule has 0 spiro atoms. The van der Waals surface area contributed by atoms with E-state index in [2.05, 4.69) is 45.0 Å². The standard InChI is InChI=1S/C21H23NO2/c1-5-14-6-11-19-17(12-14)18(22-23)13-20(24-19)15-7-9-16(10-8-15)21(2,3)4/h6-13,23H,5H2,1-4H3/b22-18-. The molecular formula is C21H23NO2. The lowest BCUT2D eigenvalue weighted by atomic mass is 9.86. The van der Waals surface area contributed by atoms with Crippen LogP contribution >= 0.6 is 0 Å². The predicted octanol–water partition coefficient (Wildman–Crippen LogP) is 5.25. The summed E-state index contributed by atoms with van der Waals surface area (Å²) < 4.78 is 6.04. The van der Waals surface area contributed by atoms with Crippen LogP contribution < -0.4 is 5.36 Å². The maximum absolute atomic E-state index is 9.40. The van der Waals surface area contributed by atoms with Gasteiger partial charge in [0, 0.05) is 17.0 Å². The van der Waals surface area contributed by atoms with Crippen LogP contribution in [0.25, 0.3) is 22.3 Å². The zero-order chi connectivity index (χ0) is 17.3. The Balaban J connectivity index is 2.14. The molecule has 0 fully saturated rings. The molecule has 0 saturated heterocycles. The molecule has 0 aliphatic carbocycles. The van der Waals surface area contributed by atoms with E-state index in [0.29, 0.717) is 11.1 Å². The van der Waals surface area contributed by atoms with Crippen LogP contribution in [-0.2, 0) is 11.8 Å². The molecule has 0 saturated carbocycles. The lowest BCUT2D eigenvalue weighted by molar-refractivity contribution is 0.302. The third-order valence-corrected chi connectivity index (χ3v) is 4.36. The summed E-state index contributed by atoms with van der Waals surface area (Å²) in [6.07, 6.45) is 0.927. The molecule has 1 aromatic heterocycles. The first kappa shape index (κ1) is 16.3. The number of fused-ring (bicyclic) bond motifs is 1. The van der Waals surface area contributed by atoms with E-state index in [1.165, 1.54) is 11.1 Å². The number of aryl methyl sites for hydroxylation is 1. The van der Waals surface area contributed by atoms with Gasteiger partial charge in [0.05, 0.1) is 0 Å². The first-order valence-corrected chi connectivity index (χ1v) is 8.28. The second-order valence-electron chi connectivity index (χ2n) is 7.11. The van der Waals surface area contributed by atoms with Crippen LogP contribution in [0.2, 0.25) is 0 Å². The molecule has 3 rings (SSSR count). The maximum Gasteiger partial charge on any atom is 0.137 e. The molecule has 1 N–H and O–H groups in total. The lowest BCUT2D eigenvalue weighted by Gasteiger charge is -2.19. The summed E-state index contributed by atoms with van der Waals surface area (Å²) in [7, 11) is 0. The highest BCUT2D eigenvalue weighted by molar-refractivity contribution is 5.79. The molecule has 2 aromatic carbocycles. The fraction of sp³-hybridized carbons (Fsp3) is 0.286. The summed E-state index contributed by atoms with van der Waals surface area (Å²) in [5.41, 5.74) is 4.25. The van der Waals surface area contributed by atoms with Crippen LogP contribution in [0.3, 0.4) is 0 Å². The van der Waals surface area contributed by atoms with E-state index in [-0.39, 0.29) is 5.41 Å². The zero-order valence-corrected chi connectivity index (χ0v) is 14.6. The lowest BCUT2D eigenvalue weighted by Crippen LogP contribution is -2.10. The molecule has 0 unspecified atom stereocenters. The summed E-state index contributed by atoms with van der Waals surface area (Å²) in [6.45, 7) is 8.67. The molecule has 1 heterocycles. The summed E-state index contributed by atoms with van der Waals surface area (Å²) in [6, 6.07) is 16.1. The van der Waals surface area contributed by atoms with Crippen molar-refractivity contribution in [2.45, 2.75) is 39.5 Å². The smallest absolute Gasteiger partial charge is 0.137 e. The van der Waals surface area contributed by atoms with Crippen molar-refractivity contribution < 1.29 is 9.62 Å². The molecule has 0 aliphatic heterocycles. The summed E-state index contributed by atoms with van der Waals surface area (Å²) in [4.78, 5) is 0. The Morgan fingerprint density at radius 2 is 1.71 bits per heavy atom. The molecule has 0 radical (unpaired) electrons. The second kappa shape index (κ2) is 6.16. The van der Waals surface area contributed by atoms with Gasteiger partial charge in [0.15, 0.2) is 0 Å². The maximum atomic E-state index is 9.40. The molecule has 3 heteroatoms. The van der Waals surface area contributed by atoms with Gasteiger partial charge >= 0.3 is 0 Å². The van der Waals surface area contributed by atoms with Crippen LogP contribution in [0.4, 0.5) is 0 Å². The Hall–Kier alpha value is -2.55. The Morgan fingerprint density at radius 3 is 2.29 bits per heavy atom. The number of hydrogen-bond donors (Lipinski definition) is 1. The van der Waals surface area contributed by atoms with Crippen LogP contribution in [0.15, 0.2) is 58.1 Å². The Morgan fingerprint density at radius 1 is 1.00 bits per heavy atom. The van der Waals surface area contributed by atoms with Crippen LogP contribution in [-0.4, -0.2) is 5.21 Å². The predicted molar refractivity (Wildman–Crippen MR) is 97.1 cm³/mol. The summed E-state index contributed by atoms with van der Waals surface area (Å²) >= 11 is 0. The van der Waals surface area contributed by atoms with Gasteiger partial charge in [-0.3, -0.25) is 0 Å². The van der Waals surface area contributed by atoms with Crippen molar-refractivity contribution in [3.8, 4) is 11.3 Å². The van der Waals surface area contributed by atoms with Gasteiger partial charge in [-0.1, -0.05) is 63.2 Å². The number of benzene rings is 2. The van der Waals surface area contributed by atoms with E-state index in [1.54, 1.807) is 6.07 Å². The Bertz CT molecular complexity index is 929. The quantitative estimate of drug-likeness (QED) is 0.517. The third kappa shape index (κ3) is 3.07. The fourth-order valence-corrected chi connectivity index (χ4v) is 2.80. The van der Waals surface area contributed by atoms with Crippen molar-refractivity contribution in [3.05, 3.63) is 65.0 Å². The third-order valence-electron chi connectivity index (χ3n) is 4.36. The van der Waals surface area contributed by atoms with Gasteiger partial charge in [-0.25, -0.2) is 0 Å². The van der Waals surface area contributed by atoms with Gasteiger partial charge in [-0.15, -0.1) is 0 Å². The van der Waals surface area contributed by atoms with Crippen LogP contribution in [0.1, 0.15) is 38.8 Å². The highest BCUT2D eigenvalue weighted by Gasteiger charge is 2.14. The molecule has 0 bridgehead atoms. The molecule has 124 valence electrons.